The van der Waals surface area contributed by atoms with Crippen LogP contribution in [0.5, 0.6) is 0 Å². The standard InChI is InChI=1S/C15H26N4S/c1-2-12-8-4-3-7-11-18(12)14-16-17-15(20)19(14)13-9-5-6-10-13/h12-13H,2-11H2,1H3,(H,17,20). The third-order valence-electron chi connectivity index (χ3n) is 4.98. The molecule has 0 radical (unpaired) electrons. The molecule has 1 aromatic heterocycles. The summed E-state index contributed by atoms with van der Waals surface area (Å²) >= 11 is 5.51. The van der Waals surface area contributed by atoms with Crippen molar-refractivity contribution in [2.45, 2.75) is 76.8 Å². The molecule has 0 aromatic carbocycles. The molecule has 1 saturated heterocycles. The van der Waals surface area contributed by atoms with Crippen LogP contribution in [0.3, 0.4) is 0 Å². The van der Waals surface area contributed by atoms with E-state index in [0.717, 1.165) is 17.3 Å². The SMILES string of the molecule is CCC1CCCCCN1c1n[nH]c(=S)n1C1CCCC1. The van der Waals surface area contributed by atoms with Gasteiger partial charge in [-0.3, -0.25) is 4.57 Å². The molecular formula is C15H26N4S. The monoisotopic (exact) mass is 294 g/mol. The highest BCUT2D eigenvalue weighted by molar-refractivity contribution is 7.71. The largest absolute Gasteiger partial charge is 0.338 e. The highest BCUT2D eigenvalue weighted by Gasteiger charge is 2.28. The normalized spacial score (nSPS) is 25.1. The Balaban J connectivity index is 1.93. The average molecular weight is 294 g/mol. The summed E-state index contributed by atoms with van der Waals surface area (Å²) in [5, 5.41) is 7.65. The van der Waals surface area contributed by atoms with Crippen LogP contribution in [-0.2, 0) is 0 Å². The predicted molar refractivity (Wildman–Crippen MR) is 84.8 cm³/mol. The molecule has 5 heteroatoms. The van der Waals surface area contributed by atoms with E-state index in [1.807, 2.05) is 0 Å². The molecule has 3 rings (SSSR count). The first-order valence-corrected chi connectivity index (χ1v) is 8.65. The van der Waals surface area contributed by atoms with Crippen molar-refractivity contribution in [1.29, 1.82) is 0 Å². The lowest BCUT2D eigenvalue weighted by Gasteiger charge is -2.31. The Labute approximate surface area is 126 Å². The van der Waals surface area contributed by atoms with Gasteiger partial charge in [0.05, 0.1) is 0 Å². The average Bonchev–Trinajstić information content (AvgIpc) is 3.03. The third kappa shape index (κ3) is 2.65. The lowest BCUT2D eigenvalue weighted by atomic mass is 10.1. The van der Waals surface area contributed by atoms with Gasteiger partial charge >= 0.3 is 0 Å². The number of aromatic amines is 1. The second-order valence-electron chi connectivity index (χ2n) is 6.24. The van der Waals surface area contributed by atoms with Crippen LogP contribution < -0.4 is 4.90 Å². The lowest BCUT2D eigenvalue weighted by molar-refractivity contribution is 0.483. The molecule has 2 fully saturated rings. The van der Waals surface area contributed by atoms with Gasteiger partial charge < -0.3 is 4.90 Å². The Hall–Kier alpha value is -0.840. The maximum Gasteiger partial charge on any atom is 0.226 e. The molecule has 0 spiro atoms. The zero-order valence-electron chi connectivity index (χ0n) is 12.5. The Morgan fingerprint density at radius 2 is 1.90 bits per heavy atom. The summed E-state index contributed by atoms with van der Waals surface area (Å²) in [5.74, 6) is 1.11. The van der Waals surface area contributed by atoms with Gasteiger partial charge in [-0.2, -0.15) is 0 Å². The van der Waals surface area contributed by atoms with E-state index in [2.05, 4.69) is 26.6 Å². The number of H-pyrrole nitrogens is 1. The van der Waals surface area contributed by atoms with E-state index in [4.69, 9.17) is 12.2 Å². The van der Waals surface area contributed by atoms with Crippen molar-refractivity contribution in [3.63, 3.8) is 0 Å². The molecule has 1 N–H and O–H groups in total. The zero-order chi connectivity index (χ0) is 13.9. The molecule has 2 aliphatic rings. The maximum absolute atomic E-state index is 5.51. The molecule has 1 unspecified atom stereocenters. The number of hydrogen-bond acceptors (Lipinski definition) is 3. The quantitative estimate of drug-likeness (QED) is 0.848. The topological polar surface area (TPSA) is 36.9 Å². The van der Waals surface area contributed by atoms with Crippen LogP contribution in [-0.4, -0.2) is 27.4 Å². The van der Waals surface area contributed by atoms with E-state index < -0.39 is 0 Å². The molecule has 0 amide bonds. The van der Waals surface area contributed by atoms with Gasteiger partial charge in [0, 0.05) is 18.6 Å². The Morgan fingerprint density at radius 1 is 1.15 bits per heavy atom. The molecule has 2 heterocycles. The first-order valence-electron chi connectivity index (χ1n) is 8.24. The minimum Gasteiger partial charge on any atom is -0.338 e. The lowest BCUT2D eigenvalue weighted by Crippen LogP contribution is -2.37. The third-order valence-corrected chi connectivity index (χ3v) is 5.27. The molecule has 20 heavy (non-hydrogen) atoms. The molecule has 1 aromatic rings. The number of aromatic nitrogens is 3. The van der Waals surface area contributed by atoms with Crippen LogP contribution in [0.1, 0.15) is 70.8 Å². The van der Waals surface area contributed by atoms with E-state index in [1.54, 1.807) is 0 Å². The Bertz CT molecular complexity index is 486. The van der Waals surface area contributed by atoms with Gasteiger partial charge in [0.25, 0.3) is 0 Å². The number of nitrogens with zero attached hydrogens (tertiary/aromatic N) is 3. The van der Waals surface area contributed by atoms with E-state index in [0.29, 0.717) is 12.1 Å². The van der Waals surface area contributed by atoms with Crippen LogP contribution in [0, 0.1) is 4.77 Å². The fourth-order valence-corrected chi connectivity index (χ4v) is 4.13. The zero-order valence-corrected chi connectivity index (χ0v) is 13.3. The van der Waals surface area contributed by atoms with Gasteiger partial charge in [0.1, 0.15) is 0 Å². The van der Waals surface area contributed by atoms with Crippen molar-refractivity contribution in [2.24, 2.45) is 0 Å². The summed E-state index contributed by atoms with van der Waals surface area (Å²) in [6, 6.07) is 1.19. The summed E-state index contributed by atoms with van der Waals surface area (Å²) < 4.78 is 3.13. The molecule has 0 bridgehead atoms. The molecule has 1 aliphatic heterocycles. The summed E-state index contributed by atoms with van der Waals surface area (Å²) in [6.45, 7) is 3.43. The predicted octanol–water partition coefficient (Wildman–Crippen LogP) is 4.21. The first-order chi connectivity index (χ1) is 9.81. The molecule has 1 aliphatic carbocycles. The number of anilines is 1. The number of rotatable bonds is 3. The van der Waals surface area contributed by atoms with Crippen molar-refractivity contribution < 1.29 is 0 Å². The first kappa shape index (κ1) is 14.1. The van der Waals surface area contributed by atoms with Gasteiger partial charge in [-0.25, -0.2) is 5.10 Å². The molecule has 112 valence electrons. The summed E-state index contributed by atoms with van der Waals surface area (Å²) in [5.41, 5.74) is 0. The number of nitrogens with one attached hydrogen (secondary N) is 1. The van der Waals surface area contributed by atoms with Crippen LogP contribution >= 0.6 is 12.2 Å². The van der Waals surface area contributed by atoms with Gasteiger partial charge in [0.15, 0.2) is 4.77 Å². The second-order valence-corrected chi connectivity index (χ2v) is 6.63. The van der Waals surface area contributed by atoms with E-state index in [-0.39, 0.29) is 0 Å². The van der Waals surface area contributed by atoms with Gasteiger partial charge in [-0.15, -0.1) is 5.10 Å². The van der Waals surface area contributed by atoms with Crippen molar-refractivity contribution in [3.05, 3.63) is 4.77 Å². The van der Waals surface area contributed by atoms with Crippen LogP contribution in [0.15, 0.2) is 0 Å². The van der Waals surface area contributed by atoms with Crippen LogP contribution in [0.4, 0.5) is 5.95 Å². The summed E-state index contributed by atoms with van der Waals surface area (Å²) in [7, 11) is 0. The molecule has 1 saturated carbocycles. The van der Waals surface area contributed by atoms with Crippen molar-refractivity contribution >= 4 is 18.2 Å². The minimum atomic E-state index is 0.567. The maximum atomic E-state index is 5.51. The van der Waals surface area contributed by atoms with Crippen molar-refractivity contribution in [2.75, 3.05) is 11.4 Å². The molecular weight excluding hydrogens is 268 g/mol. The fourth-order valence-electron chi connectivity index (χ4n) is 3.86. The minimum absolute atomic E-state index is 0.567. The van der Waals surface area contributed by atoms with Gasteiger partial charge in [-0.05, 0) is 44.3 Å². The smallest absolute Gasteiger partial charge is 0.226 e. The van der Waals surface area contributed by atoms with Crippen molar-refractivity contribution in [3.8, 4) is 0 Å². The fraction of sp³-hybridized carbons (Fsp3) is 0.867. The van der Waals surface area contributed by atoms with E-state index >= 15 is 0 Å². The van der Waals surface area contributed by atoms with Crippen molar-refractivity contribution in [1.82, 2.24) is 14.8 Å². The van der Waals surface area contributed by atoms with Gasteiger partial charge in [-0.1, -0.05) is 32.6 Å². The van der Waals surface area contributed by atoms with Crippen LogP contribution in [0.2, 0.25) is 0 Å². The van der Waals surface area contributed by atoms with Gasteiger partial charge in [0.2, 0.25) is 5.95 Å². The summed E-state index contributed by atoms with van der Waals surface area (Å²) in [4.78, 5) is 2.53. The Morgan fingerprint density at radius 3 is 2.65 bits per heavy atom. The summed E-state index contributed by atoms with van der Waals surface area (Å²) in [6.07, 6.45) is 11.6. The highest BCUT2D eigenvalue weighted by atomic mass is 32.1. The molecule has 1 atom stereocenters. The highest BCUT2D eigenvalue weighted by Crippen LogP contribution is 2.34. The Kier molecular flexibility index (Phi) is 4.44. The van der Waals surface area contributed by atoms with E-state index in [1.165, 1.54) is 57.8 Å². The van der Waals surface area contributed by atoms with Crippen LogP contribution in [0.25, 0.3) is 0 Å². The number of hydrogen-bond donors (Lipinski definition) is 1. The van der Waals surface area contributed by atoms with E-state index in [9.17, 15) is 0 Å². The molecule has 4 nitrogen and oxygen atoms in total. The second kappa shape index (κ2) is 6.29.